The second kappa shape index (κ2) is 7.75. The summed E-state index contributed by atoms with van der Waals surface area (Å²) in [6.07, 6.45) is 0. The molecular formula is C19H13F2NO5S. The molecule has 1 unspecified atom stereocenters. The summed E-state index contributed by atoms with van der Waals surface area (Å²) in [7, 11) is 0. The minimum atomic E-state index is -2.58. The van der Waals surface area contributed by atoms with E-state index in [2.05, 4.69) is 0 Å². The van der Waals surface area contributed by atoms with E-state index in [0.29, 0.717) is 5.56 Å². The van der Waals surface area contributed by atoms with Gasteiger partial charge in [0.25, 0.3) is 11.3 Å². The molecule has 9 heteroatoms. The van der Waals surface area contributed by atoms with Crippen LogP contribution in [0.5, 0.6) is 5.75 Å². The molecule has 0 aliphatic rings. The second-order valence-electron chi connectivity index (χ2n) is 5.74. The minimum absolute atomic E-state index is 0.0471. The molecule has 0 aromatic heterocycles. The number of hydrogen-bond acceptors (Lipinski definition) is 3. The zero-order valence-electron chi connectivity index (χ0n) is 14.0. The molecule has 0 saturated heterocycles. The second-order valence-corrected chi connectivity index (χ2v) is 6.57. The highest BCUT2D eigenvalue weighted by Crippen LogP contribution is 2.33. The number of aromatic carboxylic acids is 1. The molecule has 0 aliphatic heterocycles. The number of aromatic hydroxyl groups is 1. The average Bonchev–Trinajstić information content (AvgIpc) is 2.61. The van der Waals surface area contributed by atoms with Crippen molar-refractivity contribution in [2.75, 3.05) is 4.31 Å². The highest BCUT2D eigenvalue weighted by molar-refractivity contribution is 7.81. The molecule has 3 aromatic rings. The van der Waals surface area contributed by atoms with Crippen molar-refractivity contribution >= 4 is 28.6 Å². The van der Waals surface area contributed by atoms with Gasteiger partial charge >= 0.3 is 5.97 Å². The van der Waals surface area contributed by atoms with Crippen molar-refractivity contribution in [1.82, 2.24) is 0 Å². The molecule has 0 radical (unpaired) electrons. The molecular weight excluding hydrogens is 392 g/mol. The summed E-state index contributed by atoms with van der Waals surface area (Å²) in [5.74, 6) is -3.46. The number of carboxylic acids is 1. The number of anilines is 2. The van der Waals surface area contributed by atoms with Crippen molar-refractivity contribution in [3.63, 3.8) is 0 Å². The van der Waals surface area contributed by atoms with Gasteiger partial charge in [-0.3, -0.25) is 4.55 Å². The molecule has 0 fully saturated rings. The van der Waals surface area contributed by atoms with Crippen LogP contribution in [0.15, 0.2) is 60.7 Å². The molecule has 0 heterocycles. The van der Waals surface area contributed by atoms with Crippen molar-refractivity contribution in [3.8, 4) is 16.9 Å². The van der Waals surface area contributed by atoms with E-state index in [0.717, 1.165) is 34.6 Å². The number of carbonyl (C=O) groups is 1. The number of nitrogens with zero attached hydrogens (tertiary/aromatic N) is 1. The highest BCUT2D eigenvalue weighted by atomic mass is 32.2. The van der Waals surface area contributed by atoms with Gasteiger partial charge in [0.1, 0.15) is 22.9 Å². The lowest BCUT2D eigenvalue weighted by molar-refractivity contribution is 0.0693. The van der Waals surface area contributed by atoms with Crippen LogP contribution in [0.4, 0.5) is 20.2 Å². The molecule has 3 rings (SSSR count). The summed E-state index contributed by atoms with van der Waals surface area (Å²) < 4.78 is 49.5. The monoisotopic (exact) mass is 405 g/mol. The topological polar surface area (TPSA) is 98.1 Å². The van der Waals surface area contributed by atoms with Crippen LogP contribution in [0.2, 0.25) is 0 Å². The van der Waals surface area contributed by atoms with E-state index >= 15 is 0 Å². The molecule has 0 amide bonds. The maximum Gasteiger partial charge on any atom is 0.339 e. The van der Waals surface area contributed by atoms with Gasteiger partial charge < -0.3 is 10.2 Å². The zero-order chi connectivity index (χ0) is 20.4. The summed E-state index contributed by atoms with van der Waals surface area (Å²) in [4.78, 5) is 11.0. The molecule has 0 spiro atoms. The van der Waals surface area contributed by atoms with Gasteiger partial charge in [0, 0.05) is 12.1 Å². The molecule has 3 aromatic carbocycles. The summed E-state index contributed by atoms with van der Waals surface area (Å²) in [5, 5.41) is 18.8. The summed E-state index contributed by atoms with van der Waals surface area (Å²) in [6.45, 7) is 0. The van der Waals surface area contributed by atoms with Crippen molar-refractivity contribution in [1.29, 1.82) is 0 Å². The van der Waals surface area contributed by atoms with Crippen LogP contribution in [-0.4, -0.2) is 24.9 Å². The quantitative estimate of drug-likeness (QED) is 0.550. The smallest absolute Gasteiger partial charge is 0.339 e. The SMILES string of the molecule is O=C(O)c1ccc(N(c2cccc(-c3cc(F)cc(F)c3)c2)S(=O)O)cc1O. The first kappa shape index (κ1) is 19.5. The Balaban J connectivity index is 2.08. The molecule has 1 atom stereocenters. The third-order valence-corrected chi connectivity index (χ3v) is 4.61. The lowest BCUT2D eigenvalue weighted by Gasteiger charge is -2.21. The molecule has 6 nitrogen and oxygen atoms in total. The summed E-state index contributed by atoms with van der Waals surface area (Å²) >= 11 is -2.58. The van der Waals surface area contributed by atoms with Gasteiger partial charge in [-0.2, -0.15) is 0 Å². The predicted molar refractivity (Wildman–Crippen MR) is 99.8 cm³/mol. The minimum Gasteiger partial charge on any atom is -0.507 e. The van der Waals surface area contributed by atoms with E-state index in [4.69, 9.17) is 5.11 Å². The van der Waals surface area contributed by atoms with Crippen molar-refractivity contribution in [3.05, 3.63) is 77.9 Å². The number of hydrogen-bond donors (Lipinski definition) is 3. The number of carboxylic acid groups (broad SMARTS) is 1. The van der Waals surface area contributed by atoms with Gasteiger partial charge in [0.2, 0.25) is 0 Å². The normalized spacial score (nSPS) is 11.8. The number of phenols is 1. The Morgan fingerprint density at radius 1 is 0.893 bits per heavy atom. The third kappa shape index (κ3) is 4.00. The van der Waals surface area contributed by atoms with Crippen LogP contribution in [0.1, 0.15) is 10.4 Å². The third-order valence-electron chi connectivity index (χ3n) is 3.88. The molecule has 0 saturated carbocycles. The maximum atomic E-state index is 13.5. The molecule has 0 aliphatic carbocycles. The standard InChI is InChI=1S/C19H13F2NO5S/c20-13-6-12(7-14(21)9-13)11-2-1-3-15(8-11)22(28(26)27)16-4-5-17(19(24)25)18(23)10-16/h1-10,23H,(H,24,25)(H,26,27). The average molecular weight is 405 g/mol. The Kier molecular flexibility index (Phi) is 5.39. The van der Waals surface area contributed by atoms with Crippen molar-refractivity contribution in [2.45, 2.75) is 0 Å². The first-order chi connectivity index (χ1) is 13.3. The number of halogens is 2. The van der Waals surface area contributed by atoms with Crippen LogP contribution in [-0.2, 0) is 11.3 Å². The Morgan fingerprint density at radius 2 is 1.54 bits per heavy atom. The Morgan fingerprint density at radius 3 is 2.11 bits per heavy atom. The fourth-order valence-corrected chi connectivity index (χ4v) is 3.28. The van der Waals surface area contributed by atoms with Crippen LogP contribution in [0.25, 0.3) is 11.1 Å². The first-order valence-electron chi connectivity index (χ1n) is 7.80. The van der Waals surface area contributed by atoms with Crippen LogP contribution in [0.3, 0.4) is 0 Å². The van der Waals surface area contributed by atoms with Crippen LogP contribution in [0, 0.1) is 11.6 Å². The number of rotatable bonds is 5. The lowest BCUT2D eigenvalue weighted by atomic mass is 10.0. The summed E-state index contributed by atoms with van der Waals surface area (Å²) in [5.41, 5.74) is 0.484. The van der Waals surface area contributed by atoms with Gasteiger partial charge in [0.15, 0.2) is 0 Å². The van der Waals surface area contributed by atoms with Crippen LogP contribution >= 0.6 is 0 Å². The van der Waals surface area contributed by atoms with Gasteiger partial charge in [0.05, 0.1) is 11.4 Å². The summed E-state index contributed by atoms with van der Waals surface area (Å²) in [6, 6.07) is 12.4. The van der Waals surface area contributed by atoms with Crippen LogP contribution < -0.4 is 4.31 Å². The zero-order valence-corrected chi connectivity index (χ0v) is 14.9. The molecule has 0 bridgehead atoms. The van der Waals surface area contributed by atoms with E-state index < -0.39 is 34.6 Å². The van der Waals surface area contributed by atoms with Gasteiger partial charge in [-0.05, 0) is 47.5 Å². The molecule has 144 valence electrons. The fraction of sp³-hybridized carbons (Fsp3) is 0. The van der Waals surface area contributed by atoms with E-state index in [1.807, 2.05) is 0 Å². The number of benzene rings is 3. The van der Waals surface area contributed by atoms with Gasteiger partial charge in [-0.15, -0.1) is 0 Å². The van der Waals surface area contributed by atoms with Crippen molar-refractivity contribution < 1.29 is 32.6 Å². The van der Waals surface area contributed by atoms with E-state index in [-0.39, 0.29) is 22.5 Å². The van der Waals surface area contributed by atoms with Gasteiger partial charge in [-0.1, -0.05) is 12.1 Å². The maximum absolute atomic E-state index is 13.5. The predicted octanol–water partition coefficient (Wildman–Crippen LogP) is 4.31. The van der Waals surface area contributed by atoms with Gasteiger partial charge in [-0.25, -0.2) is 22.1 Å². The molecule has 3 N–H and O–H groups in total. The van der Waals surface area contributed by atoms with E-state index in [9.17, 15) is 27.4 Å². The largest absolute Gasteiger partial charge is 0.507 e. The Bertz CT molecular complexity index is 1070. The van der Waals surface area contributed by atoms with Crippen molar-refractivity contribution in [2.24, 2.45) is 0 Å². The fourth-order valence-electron chi connectivity index (χ4n) is 2.69. The van der Waals surface area contributed by atoms with E-state index in [1.165, 1.54) is 24.3 Å². The first-order valence-corrected chi connectivity index (χ1v) is 8.86. The lowest BCUT2D eigenvalue weighted by Crippen LogP contribution is -2.19. The molecule has 28 heavy (non-hydrogen) atoms. The Labute approximate surface area is 160 Å². The Hall–Kier alpha value is -3.30. The van der Waals surface area contributed by atoms with E-state index in [1.54, 1.807) is 6.07 Å². The highest BCUT2D eigenvalue weighted by Gasteiger charge is 2.19.